The van der Waals surface area contributed by atoms with Crippen LogP contribution in [0.25, 0.3) is 10.9 Å². The molecule has 1 saturated heterocycles. The van der Waals surface area contributed by atoms with Gasteiger partial charge in [0.2, 0.25) is 0 Å². The van der Waals surface area contributed by atoms with Crippen molar-refractivity contribution in [3.05, 3.63) is 36.0 Å². The Kier molecular flexibility index (Phi) is 4.55. The molecule has 1 N–H and O–H groups in total. The minimum Gasteiger partial charge on any atom is -0.383 e. The number of nitrogens with zero attached hydrogens (tertiary/aromatic N) is 3. The molecule has 0 bridgehead atoms. The fourth-order valence-electron chi connectivity index (χ4n) is 3.01. The van der Waals surface area contributed by atoms with E-state index in [1.807, 2.05) is 30.3 Å². The first-order valence-corrected chi connectivity index (χ1v) is 8.02. The summed E-state index contributed by atoms with van der Waals surface area (Å²) in [6.07, 6.45) is 2.60. The van der Waals surface area contributed by atoms with Gasteiger partial charge in [-0.15, -0.1) is 0 Å². The van der Waals surface area contributed by atoms with Crippen molar-refractivity contribution in [3.63, 3.8) is 0 Å². The number of piperidine rings is 1. The van der Waals surface area contributed by atoms with Crippen molar-refractivity contribution < 1.29 is 0 Å². The van der Waals surface area contributed by atoms with Gasteiger partial charge in [-0.2, -0.15) is 5.26 Å². The van der Waals surface area contributed by atoms with Gasteiger partial charge in [-0.3, -0.25) is 0 Å². The molecule has 2 heterocycles. The van der Waals surface area contributed by atoms with Crippen LogP contribution in [0, 0.1) is 17.2 Å². The van der Waals surface area contributed by atoms with Crippen molar-refractivity contribution in [2.45, 2.75) is 19.8 Å². The molecule has 0 amide bonds. The van der Waals surface area contributed by atoms with Crippen LogP contribution in [0.5, 0.6) is 0 Å². The van der Waals surface area contributed by atoms with Gasteiger partial charge in [0.15, 0.2) is 0 Å². The third-order valence-corrected chi connectivity index (χ3v) is 4.45. The summed E-state index contributed by atoms with van der Waals surface area (Å²) < 4.78 is 0. The van der Waals surface area contributed by atoms with E-state index in [1.165, 1.54) is 25.9 Å². The normalized spacial score (nSPS) is 16.5. The Morgan fingerprint density at radius 2 is 2.09 bits per heavy atom. The zero-order valence-electron chi connectivity index (χ0n) is 13.0. The van der Waals surface area contributed by atoms with Crippen LogP contribution in [0.3, 0.4) is 0 Å². The molecular formula is C18H22N4. The molecule has 0 spiro atoms. The van der Waals surface area contributed by atoms with Gasteiger partial charge < -0.3 is 10.2 Å². The van der Waals surface area contributed by atoms with Crippen LogP contribution >= 0.6 is 0 Å². The summed E-state index contributed by atoms with van der Waals surface area (Å²) in [4.78, 5) is 6.86. The van der Waals surface area contributed by atoms with Gasteiger partial charge in [0.1, 0.15) is 11.8 Å². The predicted octanol–water partition coefficient (Wildman–Crippen LogP) is 3.25. The Morgan fingerprint density at radius 1 is 1.32 bits per heavy atom. The van der Waals surface area contributed by atoms with Gasteiger partial charge in [-0.25, -0.2) is 4.98 Å². The zero-order chi connectivity index (χ0) is 15.4. The predicted molar refractivity (Wildman–Crippen MR) is 89.8 cm³/mol. The molecule has 0 radical (unpaired) electrons. The van der Waals surface area contributed by atoms with Crippen molar-refractivity contribution >= 4 is 16.6 Å². The van der Waals surface area contributed by atoms with Crippen LogP contribution in [0.2, 0.25) is 0 Å². The Labute approximate surface area is 131 Å². The Hall–Kier alpha value is -2.12. The number of para-hydroxylation sites is 1. The summed E-state index contributed by atoms with van der Waals surface area (Å²) >= 11 is 0. The number of hydrogen-bond acceptors (Lipinski definition) is 4. The van der Waals surface area contributed by atoms with Crippen LogP contribution in [0.4, 0.5) is 5.69 Å². The second-order valence-corrected chi connectivity index (χ2v) is 6.13. The number of likely N-dealkylation sites (tertiary alicyclic amines) is 1. The van der Waals surface area contributed by atoms with E-state index >= 15 is 0 Å². The maximum atomic E-state index is 9.13. The third-order valence-electron chi connectivity index (χ3n) is 4.45. The van der Waals surface area contributed by atoms with Gasteiger partial charge in [0.25, 0.3) is 0 Å². The topological polar surface area (TPSA) is 52.0 Å². The number of fused-ring (bicyclic) bond motifs is 1. The maximum Gasteiger partial charge on any atom is 0.143 e. The van der Waals surface area contributed by atoms with Gasteiger partial charge in [-0.05, 0) is 44.0 Å². The van der Waals surface area contributed by atoms with E-state index in [1.54, 1.807) is 0 Å². The average molecular weight is 294 g/mol. The van der Waals surface area contributed by atoms with E-state index in [0.717, 1.165) is 35.6 Å². The lowest BCUT2D eigenvalue weighted by molar-refractivity contribution is 0.199. The summed E-state index contributed by atoms with van der Waals surface area (Å²) in [6, 6.07) is 12.0. The summed E-state index contributed by atoms with van der Waals surface area (Å²) in [5.74, 6) is 0.867. The number of aromatic nitrogens is 1. The van der Waals surface area contributed by atoms with E-state index in [2.05, 4.69) is 28.2 Å². The van der Waals surface area contributed by atoms with Crippen LogP contribution in [0.15, 0.2) is 30.3 Å². The van der Waals surface area contributed by atoms with Crippen molar-refractivity contribution in [1.82, 2.24) is 9.88 Å². The molecule has 4 heteroatoms. The number of rotatable bonds is 4. The number of anilines is 1. The first-order chi connectivity index (χ1) is 10.8. The van der Waals surface area contributed by atoms with Crippen LogP contribution in [0.1, 0.15) is 25.5 Å². The number of benzene rings is 1. The summed E-state index contributed by atoms with van der Waals surface area (Å²) in [6.45, 7) is 6.67. The van der Waals surface area contributed by atoms with Crippen LogP contribution in [-0.2, 0) is 0 Å². The largest absolute Gasteiger partial charge is 0.383 e. The summed E-state index contributed by atoms with van der Waals surface area (Å²) in [7, 11) is 0. The standard InChI is InChI=1S/C18H22N4/c1-14-6-9-22(10-7-14)11-8-20-18-12-15(13-19)21-17-5-3-2-4-16(17)18/h2-5,12,14H,6-11H2,1H3,(H,20,21). The van der Waals surface area contributed by atoms with E-state index in [4.69, 9.17) is 5.26 Å². The minimum atomic E-state index is 0.466. The quantitative estimate of drug-likeness (QED) is 0.940. The van der Waals surface area contributed by atoms with E-state index in [0.29, 0.717) is 5.69 Å². The smallest absolute Gasteiger partial charge is 0.143 e. The van der Waals surface area contributed by atoms with Crippen molar-refractivity contribution in [3.8, 4) is 6.07 Å². The second-order valence-electron chi connectivity index (χ2n) is 6.13. The molecule has 1 aliphatic rings. The second kappa shape index (κ2) is 6.76. The fourth-order valence-corrected chi connectivity index (χ4v) is 3.01. The number of hydrogen-bond donors (Lipinski definition) is 1. The first-order valence-electron chi connectivity index (χ1n) is 8.02. The van der Waals surface area contributed by atoms with Gasteiger partial charge in [0.05, 0.1) is 5.52 Å². The highest BCUT2D eigenvalue weighted by Gasteiger charge is 2.15. The molecule has 4 nitrogen and oxygen atoms in total. The van der Waals surface area contributed by atoms with E-state index in [9.17, 15) is 0 Å². The molecular weight excluding hydrogens is 272 g/mol. The lowest BCUT2D eigenvalue weighted by Crippen LogP contribution is -2.36. The average Bonchev–Trinajstić information content (AvgIpc) is 2.56. The van der Waals surface area contributed by atoms with E-state index in [-0.39, 0.29) is 0 Å². The summed E-state index contributed by atoms with van der Waals surface area (Å²) in [5, 5.41) is 13.7. The molecule has 2 aromatic rings. The molecule has 0 atom stereocenters. The monoisotopic (exact) mass is 294 g/mol. The number of nitriles is 1. The summed E-state index contributed by atoms with van der Waals surface area (Å²) in [5.41, 5.74) is 2.34. The highest BCUT2D eigenvalue weighted by Crippen LogP contribution is 2.23. The van der Waals surface area contributed by atoms with Crippen molar-refractivity contribution in [2.24, 2.45) is 5.92 Å². The molecule has 22 heavy (non-hydrogen) atoms. The maximum absolute atomic E-state index is 9.13. The highest BCUT2D eigenvalue weighted by atomic mass is 15.1. The molecule has 0 aliphatic carbocycles. The first kappa shape index (κ1) is 14.8. The molecule has 0 saturated carbocycles. The number of nitrogens with one attached hydrogen (secondary N) is 1. The SMILES string of the molecule is CC1CCN(CCNc2cc(C#N)nc3ccccc23)CC1. The minimum absolute atomic E-state index is 0.466. The van der Waals surface area contributed by atoms with Gasteiger partial charge in [0, 0.05) is 24.2 Å². The Bertz CT molecular complexity index is 681. The third kappa shape index (κ3) is 3.37. The van der Waals surface area contributed by atoms with Crippen molar-refractivity contribution in [2.75, 3.05) is 31.5 Å². The Morgan fingerprint density at radius 3 is 2.86 bits per heavy atom. The lowest BCUT2D eigenvalue weighted by Gasteiger charge is -2.30. The van der Waals surface area contributed by atoms with Crippen LogP contribution in [-0.4, -0.2) is 36.1 Å². The molecule has 0 unspecified atom stereocenters. The number of pyridine rings is 1. The molecule has 114 valence electrons. The van der Waals surface area contributed by atoms with Gasteiger partial charge >= 0.3 is 0 Å². The molecule has 1 aromatic carbocycles. The molecule has 1 aliphatic heterocycles. The molecule has 3 rings (SSSR count). The van der Waals surface area contributed by atoms with Crippen molar-refractivity contribution in [1.29, 1.82) is 5.26 Å². The molecule has 1 aromatic heterocycles. The fraction of sp³-hybridized carbons (Fsp3) is 0.444. The lowest BCUT2D eigenvalue weighted by atomic mass is 9.99. The highest BCUT2D eigenvalue weighted by molar-refractivity contribution is 5.91. The Balaban J connectivity index is 1.67. The van der Waals surface area contributed by atoms with Crippen LogP contribution < -0.4 is 5.32 Å². The van der Waals surface area contributed by atoms with E-state index < -0.39 is 0 Å². The molecule has 1 fully saturated rings. The van der Waals surface area contributed by atoms with Gasteiger partial charge in [-0.1, -0.05) is 25.1 Å². The zero-order valence-corrected chi connectivity index (χ0v) is 13.0.